The van der Waals surface area contributed by atoms with Gasteiger partial charge in [0.05, 0.1) is 11.1 Å². The molecule has 0 unspecified atom stereocenters. The molecule has 1 atom stereocenters. The van der Waals surface area contributed by atoms with Crippen LogP contribution in [0.3, 0.4) is 0 Å². The monoisotopic (exact) mass is 375 g/mol. The molecule has 142 valence electrons. The maximum Gasteiger partial charge on any atom is 0.260 e. The summed E-state index contributed by atoms with van der Waals surface area (Å²) in [6, 6.07) is 18.5. The van der Waals surface area contributed by atoms with Crippen LogP contribution in [0.4, 0.5) is 0 Å². The molecule has 0 spiro atoms. The van der Waals surface area contributed by atoms with E-state index in [4.69, 9.17) is 15.5 Å². The fourth-order valence-corrected chi connectivity index (χ4v) is 3.59. The van der Waals surface area contributed by atoms with Crippen LogP contribution in [0.2, 0.25) is 0 Å². The van der Waals surface area contributed by atoms with Crippen LogP contribution in [0, 0.1) is 0 Å². The topological polar surface area (TPSA) is 85.5 Å². The Morgan fingerprint density at radius 3 is 2.64 bits per heavy atom. The number of benzene rings is 2. The van der Waals surface area contributed by atoms with E-state index in [-0.39, 0.29) is 18.4 Å². The van der Waals surface area contributed by atoms with Gasteiger partial charge in [-0.05, 0) is 30.7 Å². The van der Waals surface area contributed by atoms with Crippen LogP contribution in [-0.2, 0) is 4.79 Å². The third kappa shape index (κ3) is 3.67. The molecule has 1 aliphatic heterocycles. The van der Waals surface area contributed by atoms with E-state index in [0.29, 0.717) is 24.4 Å². The number of aromatic nitrogens is 1. The number of primary amides is 1. The number of rotatable bonds is 5. The zero-order valence-electron chi connectivity index (χ0n) is 15.4. The highest BCUT2D eigenvalue weighted by Gasteiger charge is 2.29. The van der Waals surface area contributed by atoms with Gasteiger partial charge in [-0.2, -0.15) is 0 Å². The van der Waals surface area contributed by atoms with Gasteiger partial charge in [0.2, 0.25) is 5.91 Å². The summed E-state index contributed by atoms with van der Waals surface area (Å²) in [5.74, 6) is 0.224. The van der Waals surface area contributed by atoms with E-state index in [1.807, 2.05) is 54.6 Å². The molecule has 2 heterocycles. The SMILES string of the molecule is NC(=O)c1cc([C@H]2CCN(C(=O)COc3ccccc3)C2)nc2ccccc12. The van der Waals surface area contributed by atoms with E-state index in [0.717, 1.165) is 23.0 Å². The first kappa shape index (κ1) is 18.0. The predicted molar refractivity (Wildman–Crippen MR) is 106 cm³/mol. The number of fused-ring (bicyclic) bond motifs is 1. The number of ether oxygens (including phenoxy) is 1. The van der Waals surface area contributed by atoms with Gasteiger partial charge in [-0.25, -0.2) is 0 Å². The van der Waals surface area contributed by atoms with Gasteiger partial charge in [0.25, 0.3) is 5.91 Å². The molecule has 0 aliphatic carbocycles. The molecule has 2 amide bonds. The Labute approximate surface area is 162 Å². The molecule has 6 nitrogen and oxygen atoms in total. The highest BCUT2D eigenvalue weighted by atomic mass is 16.5. The normalized spacial score (nSPS) is 16.3. The zero-order valence-corrected chi connectivity index (χ0v) is 15.4. The summed E-state index contributed by atoms with van der Waals surface area (Å²) in [5.41, 5.74) is 7.58. The van der Waals surface area contributed by atoms with Crippen molar-refractivity contribution in [3.05, 3.63) is 71.9 Å². The Morgan fingerprint density at radius 2 is 1.86 bits per heavy atom. The third-order valence-electron chi connectivity index (χ3n) is 5.07. The van der Waals surface area contributed by atoms with E-state index >= 15 is 0 Å². The lowest BCUT2D eigenvalue weighted by molar-refractivity contribution is -0.132. The van der Waals surface area contributed by atoms with Crippen molar-refractivity contribution in [1.82, 2.24) is 9.88 Å². The minimum Gasteiger partial charge on any atom is -0.484 e. The molecule has 3 aromatic rings. The van der Waals surface area contributed by atoms with Crippen LogP contribution in [0.5, 0.6) is 5.75 Å². The van der Waals surface area contributed by atoms with Crippen LogP contribution >= 0.6 is 0 Å². The van der Waals surface area contributed by atoms with Gasteiger partial charge < -0.3 is 15.4 Å². The fourth-order valence-electron chi connectivity index (χ4n) is 3.59. The lowest BCUT2D eigenvalue weighted by Crippen LogP contribution is -2.32. The summed E-state index contributed by atoms with van der Waals surface area (Å²) in [4.78, 5) is 30.9. The highest BCUT2D eigenvalue weighted by Crippen LogP contribution is 2.29. The van der Waals surface area contributed by atoms with Crippen LogP contribution in [-0.4, -0.2) is 41.4 Å². The summed E-state index contributed by atoms with van der Waals surface area (Å²) in [6.07, 6.45) is 0.792. The molecule has 4 rings (SSSR count). The van der Waals surface area contributed by atoms with E-state index in [1.165, 1.54) is 0 Å². The number of carbonyl (C=O) groups excluding carboxylic acids is 2. The number of nitrogens with zero attached hydrogens (tertiary/aromatic N) is 2. The molecule has 1 saturated heterocycles. The minimum atomic E-state index is -0.470. The Kier molecular flexibility index (Phi) is 4.93. The number of nitrogens with two attached hydrogens (primary N) is 1. The molecule has 1 aliphatic rings. The first-order chi connectivity index (χ1) is 13.6. The Balaban J connectivity index is 1.48. The number of hydrogen-bond donors (Lipinski definition) is 1. The third-order valence-corrected chi connectivity index (χ3v) is 5.07. The molecular formula is C22H21N3O3. The van der Waals surface area contributed by atoms with E-state index in [2.05, 4.69) is 0 Å². The van der Waals surface area contributed by atoms with Gasteiger partial charge >= 0.3 is 0 Å². The summed E-state index contributed by atoms with van der Waals surface area (Å²) >= 11 is 0. The second kappa shape index (κ2) is 7.68. The number of likely N-dealkylation sites (tertiary alicyclic amines) is 1. The highest BCUT2D eigenvalue weighted by molar-refractivity contribution is 6.05. The number of amides is 2. The average Bonchev–Trinajstić information content (AvgIpc) is 3.22. The summed E-state index contributed by atoms with van der Waals surface area (Å²) in [7, 11) is 0. The number of hydrogen-bond acceptors (Lipinski definition) is 4. The molecule has 6 heteroatoms. The fraction of sp³-hybridized carbons (Fsp3) is 0.227. The Morgan fingerprint density at radius 1 is 1.11 bits per heavy atom. The minimum absolute atomic E-state index is 0.00835. The van der Waals surface area contributed by atoms with Crippen molar-refractivity contribution in [2.45, 2.75) is 12.3 Å². The summed E-state index contributed by atoms with van der Waals surface area (Å²) < 4.78 is 5.56. The van der Waals surface area contributed by atoms with Gasteiger partial charge in [-0.3, -0.25) is 14.6 Å². The summed E-state index contributed by atoms with van der Waals surface area (Å²) in [6.45, 7) is 1.21. The quantitative estimate of drug-likeness (QED) is 0.743. The maximum absolute atomic E-state index is 12.5. The van der Waals surface area contributed by atoms with Crippen molar-refractivity contribution >= 4 is 22.7 Å². The van der Waals surface area contributed by atoms with Gasteiger partial charge in [0.1, 0.15) is 5.75 Å². The van der Waals surface area contributed by atoms with Gasteiger partial charge in [0.15, 0.2) is 6.61 Å². The first-order valence-corrected chi connectivity index (χ1v) is 9.27. The lowest BCUT2D eigenvalue weighted by Gasteiger charge is -2.17. The predicted octanol–water partition coefficient (Wildman–Crippen LogP) is 2.73. The lowest BCUT2D eigenvalue weighted by atomic mass is 9.99. The molecule has 2 N–H and O–H groups in total. The molecule has 1 fully saturated rings. The Hall–Kier alpha value is -3.41. The van der Waals surface area contributed by atoms with Crippen LogP contribution in [0.1, 0.15) is 28.4 Å². The van der Waals surface area contributed by atoms with Crippen molar-refractivity contribution in [3.63, 3.8) is 0 Å². The Bertz CT molecular complexity index is 1020. The number of pyridine rings is 1. The molecule has 28 heavy (non-hydrogen) atoms. The van der Waals surface area contributed by atoms with Crippen molar-refractivity contribution in [1.29, 1.82) is 0 Å². The second-order valence-electron chi connectivity index (χ2n) is 6.90. The van der Waals surface area contributed by atoms with E-state index in [9.17, 15) is 9.59 Å². The molecule has 2 aromatic carbocycles. The smallest absolute Gasteiger partial charge is 0.260 e. The first-order valence-electron chi connectivity index (χ1n) is 9.27. The summed E-state index contributed by atoms with van der Waals surface area (Å²) in [5, 5.41) is 0.751. The van der Waals surface area contributed by atoms with Crippen molar-refractivity contribution in [3.8, 4) is 5.75 Å². The number of para-hydroxylation sites is 2. The van der Waals surface area contributed by atoms with Crippen molar-refractivity contribution in [2.75, 3.05) is 19.7 Å². The average molecular weight is 375 g/mol. The van der Waals surface area contributed by atoms with E-state index in [1.54, 1.807) is 11.0 Å². The van der Waals surface area contributed by atoms with Crippen LogP contribution in [0.15, 0.2) is 60.7 Å². The molecule has 0 radical (unpaired) electrons. The van der Waals surface area contributed by atoms with Crippen LogP contribution in [0.25, 0.3) is 10.9 Å². The molecule has 0 saturated carbocycles. The largest absolute Gasteiger partial charge is 0.484 e. The molecular weight excluding hydrogens is 354 g/mol. The maximum atomic E-state index is 12.5. The second-order valence-corrected chi connectivity index (χ2v) is 6.90. The van der Waals surface area contributed by atoms with Crippen molar-refractivity contribution < 1.29 is 14.3 Å². The zero-order chi connectivity index (χ0) is 19.5. The standard InChI is InChI=1S/C22H21N3O3/c23-22(27)18-12-20(24-19-9-5-4-8-17(18)19)15-10-11-25(13-15)21(26)14-28-16-6-2-1-3-7-16/h1-9,12,15H,10-11,13-14H2,(H2,23,27)/t15-/m0/s1. The molecule has 1 aromatic heterocycles. The van der Waals surface area contributed by atoms with Crippen molar-refractivity contribution in [2.24, 2.45) is 5.73 Å². The van der Waals surface area contributed by atoms with Gasteiger partial charge in [-0.1, -0.05) is 36.4 Å². The van der Waals surface area contributed by atoms with Gasteiger partial charge in [-0.15, -0.1) is 0 Å². The van der Waals surface area contributed by atoms with Gasteiger partial charge in [0, 0.05) is 30.1 Å². The number of carbonyl (C=O) groups is 2. The molecule has 0 bridgehead atoms. The van der Waals surface area contributed by atoms with Crippen LogP contribution < -0.4 is 10.5 Å². The van der Waals surface area contributed by atoms with E-state index < -0.39 is 5.91 Å².